The summed E-state index contributed by atoms with van der Waals surface area (Å²) in [7, 11) is 3.57. The molecule has 0 spiro atoms. The highest BCUT2D eigenvalue weighted by atomic mass is 16.5. The van der Waals surface area contributed by atoms with E-state index in [0.29, 0.717) is 0 Å². The second-order valence-corrected chi connectivity index (χ2v) is 7.80. The quantitative estimate of drug-likeness (QED) is 0.667. The summed E-state index contributed by atoms with van der Waals surface area (Å²) in [5.74, 6) is 1.88. The minimum atomic E-state index is 0.0119. The summed E-state index contributed by atoms with van der Waals surface area (Å²) in [5, 5.41) is 4.86. The minimum absolute atomic E-state index is 0.0119. The van der Waals surface area contributed by atoms with E-state index in [2.05, 4.69) is 9.88 Å². The number of aromatic nitrogens is 3. The summed E-state index contributed by atoms with van der Waals surface area (Å²) in [6.07, 6.45) is 2.77. The van der Waals surface area contributed by atoms with E-state index in [9.17, 15) is 4.79 Å². The highest BCUT2D eigenvalue weighted by Crippen LogP contribution is 2.30. The second-order valence-electron chi connectivity index (χ2n) is 7.80. The van der Waals surface area contributed by atoms with E-state index >= 15 is 0 Å². The number of rotatable bonds is 5. The smallest absolute Gasteiger partial charge is 0.225 e. The van der Waals surface area contributed by atoms with Crippen molar-refractivity contribution < 1.29 is 9.53 Å². The molecule has 7 nitrogen and oxygen atoms in total. The second kappa shape index (κ2) is 7.73. The molecular weight excluding hydrogens is 366 g/mol. The molecule has 0 unspecified atom stereocenters. The SMILES string of the molecule is COc1ccccc1-c1cnc2ccc(N3CC[C@H](N(C)C(=O)C(C)C)C3)nn12. The van der Waals surface area contributed by atoms with E-state index in [1.54, 1.807) is 7.11 Å². The minimum Gasteiger partial charge on any atom is -0.496 e. The van der Waals surface area contributed by atoms with Gasteiger partial charge in [-0.1, -0.05) is 26.0 Å². The van der Waals surface area contributed by atoms with Crippen LogP contribution in [0, 0.1) is 5.92 Å². The number of benzene rings is 1. The van der Waals surface area contributed by atoms with Crippen molar-refractivity contribution in [1.82, 2.24) is 19.5 Å². The van der Waals surface area contributed by atoms with Crippen molar-refractivity contribution in [2.24, 2.45) is 5.92 Å². The van der Waals surface area contributed by atoms with E-state index in [0.717, 1.165) is 48.0 Å². The molecule has 29 heavy (non-hydrogen) atoms. The van der Waals surface area contributed by atoms with E-state index in [4.69, 9.17) is 9.84 Å². The average Bonchev–Trinajstić information content (AvgIpc) is 3.39. The molecule has 7 heteroatoms. The van der Waals surface area contributed by atoms with Gasteiger partial charge in [0.05, 0.1) is 25.0 Å². The number of ether oxygens (including phenoxy) is 1. The molecule has 0 bridgehead atoms. The van der Waals surface area contributed by atoms with Gasteiger partial charge in [-0.05, 0) is 30.7 Å². The van der Waals surface area contributed by atoms with Crippen LogP contribution in [0.4, 0.5) is 5.82 Å². The van der Waals surface area contributed by atoms with Crippen molar-refractivity contribution in [3.05, 3.63) is 42.6 Å². The maximum Gasteiger partial charge on any atom is 0.225 e. The van der Waals surface area contributed by atoms with Crippen LogP contribution in [0.25, 0.3) is 16.9 Å². The molecule has 1 atom stereocenters. The van der Waals surface area contributed by atoms with Crippen molar-refractivity contribution in [2.45, 2.75) is 26.3 Å². The summed E-state index contributed by atoms with van der Waals surface area (Å²) < 4.78 is 7.38. The molecule has 3 heterocycles. The summed E-state index contributed by atoms with van der Waals surface area (Å²) in [4.78, 5) is 21.0. The number of imidazole rings is 1. The van der Waals surface area contributed by atoms with Gasteiger partial charge in [-0.2, -0.15) is 0 Å². The Morgan fingerprint density at radius 3 is 2.79 bits per heavy atom. The van der Waals surface area contributed by atoms with Crippen LogP contribution in [0.3, 0.4) is 0 Å². The monoisotopic (exact) mass is 393 g/mol. The first-order chi connectivity index (χ1) is 14.0. The molecule has 0 saturated carbocycles. The van der Waals surface area contributed by atoms with Gasteiger partial charge >= 0.3 is 0 Å². The van der Waals surface area contributed by atoms with Crippen LogP contribution in [-0.2, 0) is 4.79 Å². The van der Waals surface area contributed by atoms with Gasteiger partial charge in [-0.15, -0.1) is 5.10 Å². The Morgan fingerprint density at radius 1 is 1.24 bits per heavy atom. The van der Waals surface area contributed by atoms with Crippen LogP contribution >= 0.6 is 0 Å². The normalized spacial score (nSPS) is 16.6. The molecular formula is C22H27N5O2. The highest BCUT2D eigenvalue weighted by Gasteiger charge is 2.30. The number of hydrogen-bond acceptors (Lipinski definition) is 5. The van der Waals surface area contributed by atoms with E-state index < -0.39 is 0 Å². The standard InChI is InChI=1S/C22H27N5O2/c1-15(2)22(28)25(3)16-11-12-26(14-16)21-10-9-20-23-13-18(27(20)24-21)17-7-5-6-8-19(17)29-4/h5-10,13,15-16H,11-12,14H2,1-4H3/t16-/m0/s1. The van der Waals surface area contributed by atoms with Gasteiger partial charge in [0, 0.05) is 31.6 Å². The lowest BCUT2D eigenvalue weighted by Gasteiger charge is -2.26. The number of hydrogen-bond donors (Lipinski definition) is 0. The van der Waals surface area contributed by atoms with Crippen LogP contribution in [0.15, 0.2) is 42.6 Å². The molecule has 1 amide bonds. The first-order valence-electron chi connectivity index (χ1n) is 9.99. The fourth-order valence-corrected chi connectivity index (χ4v) is 3.93. The number of para-hydroxylation sites is 1. The predicted octanol–water partition coefficient (Wildman–Crippen LogP) is 3.10. The zero-order valence-corrected chi connectivity index (χ0v) is 17.4. The zero-order valence-electron chi connectivity index (χ0n) is 17.4. The number of carbonyl (C=O) groups is 1. The van der Waals surface area contributed by atoms with Crippen LogP contribution < -0.4 is 9.64 Å². The summed E-state index contributed by atoms with van der Waals surface area (Å²) in [5.41, 5.74) is 2.63. The first kappa shape index (κ1) is 19.2. The number of nitrogens with zero attached hydrogens (tertiary/aromatic N) is 5. The fourth-order valence-electron chi connectivity index (χ4n) is 3.93. The van der Waals surface area contributed by atoms with Gasteiger partial charge in [0.1, 0.15) is 11.6 Å². The summed E-state index contributed by atoms with van der Waals surface area (Å²) in [6.45, 7) is 5.54. The van der Waals surface area contributed by atoms with Gasteiger partial charge in [-0.3, -0.25) is 4.79 Å². The number of amides is 1. The summed E-state index contributed by atoms with van der Waals surface area (Å²) in [6, 6.07) is 12.1. The Labute approximate surface area is 170 Å². The maximum atomic E-state index is 12.3. The van der Waals surface area contributed by atoms with Gasteiger partial charge in [0.25, 0.3) is 0 Å². The largest absolute Gasteiger partial charge is 0.496 e. The van der Waals surface area contributed by atoms with E-state index in [1.807, 2.05) is 72.9 Å². The molecule has 1 fully saturated rings. The molecule has 2 aromatic heterocycles. The first-order valence-corrected chi connectivity index (χ1v) is 9.99. The van der Waals surface area contributed by atoms with E-state index in [-0.39, 0.29) is 17.9 Å². The van der Waals surface area contributed by atoms with Gasteiger partial charge in [0.15, 0.2) is 5.65 Å². The van der Waals surface area contributed by atoms with Crippen molar-refractivity contribution in [1.29, 1.82) is 0 Å². The Bertz CT molecular complexity index is 1030. The molecule has 152 valence electrons. The molecule has 1 aliphatic heterocycles. The molecule has 3 aromatic rings. The maximum absolute atomic E-state index is 12.3. The van der Waals surface area contributed by atoms with Gasteiger partial charge < -0.3 is 14.5 Å². The summed E-state index contributed by atoms with van der Waals surface area (Å²) >= 11 is 0. The highest BCUT2D eigenvalue weighted by molar-refractivity contribution is 5.78. The molecule has 0 aliphatic carbocycles. The third kappa shape index (κ3) is 3.52. The van der Waals surface area contributed by atoms with Crippen molar-refractivity contribution in [3.8, 4) is 17.0 Å². The number of likely N-dealkylation sites (N-methyl/N-ethyl adjacent to an activating group) is 1. The van der Waals surface area contributed by atoms with Gasteiger partial charge in [0.2, 0.25) is 5.91 Å². The van der Waals surface area contributed by atoms with Crippen molar-refractivity contribution in [2.75, 3.05) is 32.1 Å². The molecule has 1 saturated heterocycles. The van der Waals surface area contributed by atoms with Crippen molar-refractivity contribution in [3.63, 3.8) is 0 Å². The van der Waals surface area contributed by atoms with Crippen LogP contribution in [-0.4, -0.2) is 58.7 Å². The van der Waals surface area contributed by atoms with E-state index in [1.165, 1.54) is 0 Å². The Hall–Kier alpha value is -3.09. The van der Waals surface area contributed by atoms with Crippen LogP contribution in [0.1, 0.15) is 20.3 Å². The lowest BCUT2D eigenvalue weighted by molar-refractivity contribution is -0.134. The van der Waals surface area contributed by atoms with Crippen LogP contribution in [0.5, 0.6) is 5.75 Å². The molecule has 0 radical (unpaired) electrons. The number of carbonyl (C=O) groups excluding carboxylic acids is 1. The Balaban J connectivity index is 1.62. The lowest BCUT2D eigenvalue weighted by atomic mass is 10.1. The predicted molar refractivity (Wildman–Crippen MR) is 113 cm³/mol. The van der Waals surface area contributed by atoms with Gasteiger partial charge in [-0.25, -0.2) is 9.50 Å². The van der Waals surface area contributed by atoms with Crippen molar-refractivity contribution >= 4 is 17.4 Å². The number of methoxy groups -OCH3 is 1. The topological polar surface area (TPSA) is 63.0 Å². The molecule has 4 rings (SSSR count). The third-order valence-corrected chi connectivity index (χ3v) is 5.61. The number of fused-ring (bicyclic) bond motifs is 1. The number of anilines is 1. The Morgan fingerprint density at radius 2 is 2.03 bits per heavy atom. The zero-order chi connectivity index (χ0) is 20.5. The van der Waals surface area contributed by atoms with Crippen LogP contribution in [0.2, 0.25) is 0 Å². The molecule has 1 aromatic carbocycles. The molecule has 0 N–H and O–H groups in total. The average molecular weight is 393 g/mol. The Kier molecular flexibility index (Phi) is 5.13. The third-order valence-electron chi connectivity index (χ3n) is 5.61. The fraction of sp³-hybridized carbons (Fsp3) is 0.409. The molecule has 1 aliphatic rings. The lowest BCUT2D eigenvalue weighted by Crippen LogP contribution is -2.41.